The molecule has 1 heterocycles. The van der Waals surface area contributed by atoms with E-state index in [4.69, 9.17) is 0 Å². The van der Waals surface area contributed by atoms with Crippen LogP contribution < -0.4 is 39.3 Å². The van der Waals surface area contributed by atoms with Crippen molar-refractivity contribution in [2.45, 2.75) is 40.0 Å². The van der Waals surface area contributed by atoms with Crippen LogP contribution >= 0.6 is 0 Å². The van der Waals surface area contributed by atoms with Gasteiger partial charge in [0.1, 0.15) is 0 Å². The Morgan fingerprint density at radius 2 is 1.54 bits per heavy atom. The van der Waals surface area contributed by atoms with Crippen molar-refractivity contribution in [1.82, 2.24) is 4.98 Å². The summed E-state index contributed by atoms with van der Waals surface area (Å²) in [6, 6.07) is 17.6. The number of H-pyrrole nitrogens is 1. The molecule has 2 aromatic carbocycles. The molecule has 0 aliphatic heterocycles. The largest absolute Gasteiger partial charge is 1.00 e. The Morgan fingerprint density at radius 1 is 0.893 bits per heavy atom. The van der Waals surface area contributed by atoms with Crippen LogP contribution in [-0.2, 0) is 24.6 Å². The molecule has 144 valence electrons. The zero-order chi connectivity index (χ0) is 18.5. The molecule has 0 atom stereocenters. The van der Waals surface area contributed by atoms with Crippen molar-refractivity contribution in [3.05, 3.63) is 75.7 Å². The van der Waals surface area contributed by atoms with E-state index in [0.717, 1.165) is 0 Å². The standard InChI is InChI=1S/C12H14N.C12H11.2ClH.Ti/c1-12(2,3)10-8-13-11-7-5-4-6-9(10)11;1-9(2)12-7-10-5-3-4-6-11(10)8-12;;;/h4-7,13H,1-3H3;3-7H,1-2H3;2*1H;/q;;;;+2/p-2. The van der Waals surface area contributed by atoms with Crippen LogP contribution in [0.1, 0.15) is 40.2 Å². The van der Waals surface area contributed by atoms with Gasteiger partial charge in [0.05, 0.1) is 0 Å². The van der Waals surface area contributed by atoms with E-state index in [9.17, 15) is 0 Å². The minimum Gasteiger partial charge on any atom is -1.00 e. The molecule has 4 heteroatoms. The number of para-hydroxylation sites is 1. The Labute approximate surface area is 188 Å². The van der Waals surface area contributed by atoms with Gasteiger partial charge in [0.25, 0.3) is 0 Å². The number of rotatable bonds is 2. The van der Waals surface area contributed by atoms with Crippen LogP contribution in [0.5, 0.6) is 0 Å². The fourth-order valence-electron chi connectivity index (χ4n) is 3.89. The summed E-state index contributed by atoms with van der Waals surface area (Å²) in [5, 5.41) is 4.19. The van der Waals surface area contributed by atoms with E-state index in [1.807, 2.05) is 0 Å². The van der Waals surface area contributed by atoms with Crippen LogP contribution in [0.4, 0.5) is 0 Å². The van der Waals surface area contributed by atoms with Gasteiger partial charge in [-0.2, -0.15) is 0 Å². The number of hydrogen-bond acceptors (Lipinski definition) is 0. The molecule has 1 aromatic heterocycles. The minimum absolute atomic E-state index is 0. The molecule has 4 rings (SSSR count). The average molecular weight is 446 g/mol. The van der Waals surface area contributed by atoms with Crippen LogP contribution in [0.2, 0.25) is 0 Å². The molecule has 1 N–H and O–H groups in total. The molecule has 0 radical (unpaired) electrons. The van der Waals surface area contributed by atoms with Crippen LogP contribution in [0.3, 0.4) is 0 Å². The number of benzene rings is 2. The van der Waals surface area contributed by atoms with Gasteiger partial charge in [0.15, 0.2) is 0 Å². The second-order valence-corrected chi connectivity index (χ2v) is 10.3. The van der Waals surface area contributed by atoms with E-state index in [-0.39, 0.29) is 30.2 Å². The predicted octanol–water partition coefficient (Wildman–Crippen LogP) is -1.88. The van der Waals surface area contributed by atoms with Crippen molar-refractivity contribution < 1.29 is 44.0 Å². The van der Waals surface area contributed by atoms with E-state index >= 15 is 0 Å². The van der Waals surface area contributed by atoms with Crippen molar-refractivity contribution in [2.24, 2.45) is 0 Å². The number of hydrogen-bond donors (Lipinski definition) is 1. The van der Waals surface area contributed by atoms with E-state index in [2.05, 4.69) is 94.2 Å². The van der Waals surface area contributed by atoms with Gasteiger partial charge in [0, 0.05) is 0 Å². The van der Waals surface area contributed by atoms with Gasteiger partial charge in [-0.25, -0.2) is 0 Å². The third-order valence-corrected chi connectivity index (χ3v) is 7.25. The molecule has 0 spiro atoms. The van der Waals surface area contributed by atoms with Crippen molar-refractivity contribution in [3.8, 4) is 0 Å². The van der Waals surface area contributed by atoms with Crippen molar-refractivity contribution in [3.63, 3.8) is 0 Å². The molecule has 1 nitrogen and oxygen atoms in total. The summed E-state index contributed by atoms with van der Waals surface area (Å²) in [6.07, 6.45) is 2.38. The first-order chi connectivity index (χ1) is 12.4. The van der Waals surface area contributed by atoms with Crippen LogP contribution in [0.25, 0.3) is 20.9 Å². The van der Waals surface area contributed by atoms with Gasteiger partial charge in [0.2, 0.25) is 0 Å². The second-order valence-electron chi connectivity index (χ2n) is 8.32. The molecule has 1 aliphatic carbocycles. The summed E-state index contributed by atoms with van der Waals surface area (Å²) in [6.45, 7) is 11.5. The molecule has 0 fully saturated rings. The molecule has 3 aromatic rings. The number of halogens is 2. The zero-order valence-corrected chi connectivity index (χ0v) is 20.0. The molecule has 0 saturated carbocycles. The van der Waals surface area contributed by atoms with Gasteiger partial charge >= 0.3 is 165 Å². The first-order valence-corrected chi connectivity index (χ1v) is 10.8. The average Bonchev–Trinajstić information content (AvgIpc) is 3.13. The summed E-state index contributed by atoms with van der Waals surface area (Å²) in [5.41, 5.74) is 5.76. The fraction of sp³-hybridized carbons (Fsp3) is 0.250. The Balaban J connectivity index is 0.00000140. The van der Waals surface area contributed by atoms with Crippen LogP contribution in [0.15, 0.2) is 59.7 Å². The molecular formula is C24H25Cl2NTi. The molecule has 0 saturated heterocycles. The summed E-state index contributed by atoms with van der Waals surface area (Å²) in [7, 11) is 0. The van der Waals surface area contributed by atoms with Crippen molar-refractivity contribution in [1.29, 1.82) is 0 Å². The number of allylic oxidation sites excluding steroid dienone is 2. The number of aromatic nitrogens is 1. The van der Waals surface area contributed by atoms with E-state index in [1.165, 1.54) is 42.0 Å². The Morgan fingerprint density at radius 3 is 2.21 bits per heavy atom. The number of nitrogens with one attached hydrogen (secondary N) is 1. The SMILES string of the molecule is CC(C)=C1C=c2ccccc2=[C]1[Ti+2][c]1[nH]c2ccccc2c1C(C)(C)C.[Cl-].[Cl-]. The normalized spacial score (nSPS) is 12.6. The van der Waals surface area contributed by atoms with E-state index < -0.39 is 19.2 Å². The third-order valence-electron chi connectivity index (χ3n) is 5.04. The van der Waals surface area contributed by atoms with Gasteiger partial charge < -0.3 is 24.8 Å². The minimum atomic E-state index is -0.473. The first kappa shape index (κ1) is 23.0. The van der Waals surface area contributed by atoms with E-state index in [0.29, 0.717) is 0 Å². The summed E-state index contributed by atoms with van der Waals surface area (Å²) in [5.74, 6) is 0. The topological polar surface area (TPSA) is 15.8 Å². The van der Waals surface area contributed by atoms with Gasteiger partial charge in [-0.05, 0) is 0 Å². The predicted molar refractivity (Wildman–Crippen MR) is 109 cm³/mol. The molecule has 0 bridgehead atoms. The molecule has 1 aliphatic rings. The quantitative estimate of drug-likeness (QED) is 0.444. The van der Waals surface area contributed by atoms with Crippen LogP contribution in [-0.4, -0.2) is 4.98 Å². The maximum atomic E-state index is 3.79. The zero-order valence-electron chi connectivity index (χ0n) is 17.0. The van der Waals surface area contributed by atoms with Gasteiger partial charge in [-0.3, -0.25) is 0 Å². The van der Waals surface area contributed by atoms with Crippen molar-refractivity contribution in [2.75, 3.05) is 0 Å². The smallest absolute Gasteiger partial charge is 1.00 e. The molecular weight excluding hydrogens is 421 g/mol. The first-order valence-electron chi connectivity index (χ1n) is 9.23. The maximum Gasteiger partial charge on any atom is -1.00 e. The second kappa shape index (κ2) is 8.63. The number of fused-ring (bicyclic) bond motifs is 2. The van der Waals surface area contributed by atoms with Gasteiger partial charge in [-0.15, -0.1) is 0 Å². The van der Waals surface area contributed by atoms with Crippen molar-refractivity contribution >= 4 is 24.9 Å². The maximum absolute atomic E-state index is 3.79. The van der Waals surface area contributed by atoms with Crippen LogP contribution in [0, 0.1) is 0 Å². The Kier molecular flexibility index (Phi) is 7.10. The molecule has 28 heavy (non-hydrogen) atoms. The fourth-order valence-corrected chi connectivity index (χ4v) is 6.86. The Bertz CT molecular complexity index is 1160. The molecule has 0 unspecified atom stereocenters. The monoisotopic (exact) mass is 445 g/mol. The van der Waals surface area contributed by atoms with E-state index in [1.54, 1.807) is 3.88 Å². The number of aromatic amines is 1. The van der Waals surface area contributed by atoms with Gasteiger partial charge in [-0.1, -0.05) is 0 Å². The third kappa shape index (κ3) is 4.05. The summed E-state index contributed by atoms with van der Waals surface area (Å²) < 4.78 is 3.04. The molecule has 0 amide bonds. The summed E-state index contributed by atoms with van der Waals surface area (Å²) >= 11 is -0.473. The summed E-state index contributed by atoms with van der Waals surface area (Å²) in [4.78, 5) is 3.79. The Hall–Kier alpha value is -1.25.